The van der Waals surface area contributed by atoms with Crippen LogP contribution in [-0.4, -0.2) is 40.3 Å². The zero-order valence-corrected chi connectivity index (χ0v) is 17.0. The molecule has 1 saturated heterocycles. The Labute approximate surface area is 162 Å². The SMILES string of the molecule is CCOc1ccc(N2C(=O)C(C)CS2(=O)=O)cc1S(=O)(=O)Nc1cc(C)on1. The van der Waals surface area contributed by atoms with Gasteiger partial charge < -0.3 is 9.26 Å². The Morgan fingerprint density at radius 3 is 2.61 bits per heavy atom. The minimum atomic E-state index is -4.20. The first-order chi connectivity index (χ1) is 13.0. The molecular weight excluding hydrogens is 410 g/mol. The third-order valence-corrected chi connectivity index (χ3v) is 7.22. The Bertz CT molecular complexity index is 1120. The quantitative estimate of drug-likeness (QED) is 0.729. The van der Waals surface area contributed by atoms with Gasteiger partial charge in [-0.1, -0.05) is 12.1 Å². The summed E-state index contributed by atoms with van der Waals surface area (Å²) in [5, 5.41) is 3.58. The number of aryl methyl sites for hydroxylation is 1. The smallest absolute Gasteiger partial charge is 0.266 e. The molecule has 1 aromatic carbocycles. The molecule has 1 aromatic heterocycles. The standard InChI is InChI=1S/C16H19N3O7S2/c1-4-25-13-6-5-12(19-16(20)10(2)9-27(19,21)22)8-14(13)28(23,24)18-15-7-11(3)26-17-15/h5-8,10H,4,9H2,1-3H3,(H,17,18). The van der Waals surface area contributed by atoms with Gasteiger partial charge >= 0.3 is 0 Å². The number of hydrogen-bond donors (Lipinski definition) is 1. The number of anilines is 2. The van der Waals surface area contributed by atoms with Crippen LogP contribution in [0.25, 0.3) is 0 Å². The Morgan fingerprint density at radius 2 is 2.07 bits per heavy atom. The van der Waals surface area contributed by atoms with Crippen LogP contribution in [0.5, 0.6) is 5.75 Å². The number of nitrogens with one attached hydrogen (secondary N) is 1. The van der Waals surface area contributed by atoms with E-state index in [1.807, 2.05) is 0 Å². The Balaban J connectivity index is 2.09. The molecule has 0 bridgehead atoms. The number of benzene rings is 1. The molecule has 1 fully saturated rings. The highest BCUT2D eigenvalue weighted by atomic mass is 32.2. The maximum Gasteiger partial charge on any atom is 0.266 e. The normalized spacial score (nSPS) is 19.0. The summed E-state index contributed by atoms with van der Waals surface area (Å²) in [5.74, 6) is -1.29. The van der Waals surface area contributed by atoms with Crippen molar-refractivity contribution in [3.05, 3.63) is 30.0 Å². The second-order valence-corrected chi connectivity index (χ2v) is 9.79. The average Bonchev–Trinajstić information content (AvgIpc) is 3.07. The highest BCUT2D eigenvalue weighted by Gasteiger charge is 2.42. The number of carbonyl (C=O) groups is 1. The van der Waals surface area contributed by atoms with Gasteiger partial charge in [-0.25, -0.2) is 21.1 Å². The second-order valence-electron chi connectivity index (χ2n) is 6.27. The van der Waals surface area contributed by atoms with Crippen molar-refractivity contribution in [3.8, 4) is 5.75 Å². The number of amides is 1. The van der Waals surface area contributed by atoms with Crippen LogP contribution in [0.1, 0.15) is 19.6 Å². The van der Waals surface area contributed by atoms with Gasteiger partial charge in [-0.2, -0.15) is 0 Å². The summed E-state index contributed by atoms with van der Waals surface area (Å²) in [4.78, 5) is 12.0. The molecule has 0 saturated carbocycles. The van der Waals surface area contributed by atoms with Crippen LogP contribution in [0.4, 0.5) is 11.5 Å². The fourth-order valence-corrected chi connectivity index (χ4v) is 5.76. The van der Waals surface area contributed by atoms with E-state index in [1.54, 1.807) is 13.8 Å². The molecule has 1 atom stereocenters. The van der Waals surface area contributed by atoms with E-state index in [1.165, 1.54) is 25.1 Å². The van der Waals surface area contributed by atoms with E-state index >= 15 is 0 Å². The van der Waals surface area contributed by atoms with Gasteiger partial charge in [0, 0.05) is 6.07 Å². The van der Waals surface area contributed by atoms with Crippen LogP contribution < -0.4 is 13.8 Å². The minimum Gasteiger partial charge on any atom is -0.492 e. The first-order valence-electron chi connectivity index (χ1n) is 8.35. The minimum absolute atomic E-state index is 0.0102. The van der Waals surface area contributed by atoms with Gasteiger partial charge in [0.25, 0.3) is 10.0 Å². The molecule has 1 N–H and O–H groups in total. The van der Waals surface area contributed by atoms with Crippen molar-refractivity contribution in [3.63, 3.8) is 0 Å². The van der Waals surface area contributed by atoms with Crippen molar-refractivity contribution in [1.82, 2.24) is 5.16 Å². The summed E-state index contributed by atoms with van der Waals surface area (Å²) in [7, 11) is -8.08. The number of aromatic nitrogens is 1. The predicted octanol–water partition coefficient (Wildman–Crippen LogP) is 1.50. The summed E-state index contributed by atoms with van der Waals surface area (Å²) in [6, 6.07) is 5.12. The number of hydrogen-bond acceptors (Lipinski definition) is 8. The molecule has 3 rings (SSSR count). The van der Waals surface area contributed by atoms with Crippen LogP contribution in [-0.2, 0) is 24.8 Å². The first-order valence-corrected chi connectivity index (χ1v) is 11.4. The van der Waals surface area contributed by atoms with Crippen LogP contribution in [0, 0.1) is 12.8 Å². The van der Waals surface area contributed by atoms with E-state index in [0.717, 1.165) is 6.07 Å². The van der Waals surface area contributed by atoms with Crippen molar-refractivity contribution in [2.45, 2.75) is 25.7 Å². The van der Waals surface area contributed by atoms with Crippen molar-refractivity contribution < 1.29 is 30.9 Å². The lowest BCUT2D eigenvalue weighted by Gasteiger charge is -2.18. The van der Waals surface area contributed by atoms with E-state index < -0.39 is 31.9 Å². The molecule has 0 aliphatic carbocycles. The molecule has 2 aromatic rings. The van der Waals surface area contributed by atoms with Crippen LogP contribution in [0.3, 0.4) is 0 Å². The van der Waals surface area contributed by atoms with Gasteiger partial charge in [-0.05, 0) is 32.0 Å². The largest absolute Gasteiger partial charge is 0.492 e. The molecule has 1 amide bonds. The fraction of sp³-hybridized carbons (Fsp3) is 0.375. The lowest BCUT2D eigenvalue weighted by Crippen LogP contribution is -2.30. The van der Waals surface area contributed by atoms with Gasteiger partial charge in [0.05, 0.1) is 24.0 Å². The van der Waals surface area contributed by atoms with E-state index in [9.17, 15) is 21.6 Å². The number of carbonyl (C=O) groups excluding carboxylic acids is 1. The zero-order valence-electron chi connectivity index (χ0n) is 15.4. The fourth-order valence-electron chi connectivity index (χ4n) is 2.80. The second kappa shape index (κ2) is 7.09. The molecule has 10 nitrogen and oxygen atoms in total. The maximum atomic E-state index is 12.9. The summed E-state index contributed by atoms with van der Waals surface area (Å²) >= 11 is 0. The number of nitrogens with zero attached hydrogens (tertiary/aromatic N) is 2. The average molecular weight is 429 g/mol. The van der Waals surface area contributed by atoms with Crippen molar-refractivity contribution in [2.75, 3.05) is 21.4 Å². The van der Waals surface area contributed by atoms with Gasteiger partial charge in [-0.3, -0.25) is 9.52 Å². The highest BCUT2D eigenvalue weighted by Crippen LogP contribution is 2.34. The molecular formula is C16H19N3O7S2. The van der Waals surface area contributed by atoms with Crippen LogP contribution in [0.15, 0.2) is 33.7 Å². The molecule has 2 heterocycles. The van der Waals surface area contributed by atoms with E-state index in [-0.39, 0.29) is 34.5 Å². The monoisotopic (exact) mass is 429 g/mol. The molecule has 0 radical (unpaired) electrons. The highest BCUT2D eigenvalue weighted by molar-refractivity contribution is 7.94. The molecule has 1 aliphatic rings. The summed E-state index contributed by atoms with van der Waals surface area (Å²) < 4.78 is 63.5. The summed E-state index contributed by atoms with van der Waals surface area (Å²) in [6.07, 6.45) is 0. The van der Waals surface area contributed by atoms with Gasteiger partial charge in [0.2, 0.25) is 15.9 Å². The third-order valence-electron chi connectivity index (χ3n) is 3.98. The van der Waals surface area contributed by atoms with Crippen molar-refractivity contribution >= 4 is 37.5 Å². The number of sulfonamides is 2. The molecule has 152 valence electrons. The molecule has 0 spiro atoms. The summed E-state index contributed by atoms with van der Waals surface area (Å²) in [6.45, 7) is 4.96. The lowest BCUT2D eigenvalue weighted by atomic mass is 10.2. The van der Waals surface area contributed by atoms with Gasteiger partial charge in [0.15, 0.2) is 5.82 Å². The lowest BCUT2D eigenvalue weighted by molar-refractivity contribution is -0.119. The summed E-state index contributed by atoms with van der Waals surface area (Å²) in [5.41, 5.74) is -0.0745. The number of rotatable bonds is 6. The van der Waals surface area contributed by atoms with E-state index in [4.69, 9.17) is 9.26 Å². The van der Waals surface area contributed by atoms with Gasteiger partial charge in [-0.15, -0.1) is 0 Å². The zero-order chi connectivity index (χ0) is 20.7. The van der Waals surface area contributed by atoms with Crippen LogP contribution in [0.2, 0.25) is 0 Å². The Morgan fingerprint density at radius 1 is 1.36 bits per heavy atom. The van der Waals surface area contributed by atoms with Gasteiger partial charge in [0.1, 0.15) is 16.4 Å². The van der Waals surface area contributed by atoms with E-state index in [2.05, 4.69) is 9.88 Å². The molecule has 1 aliphatic heterocycles. The Kier molecular flexibility index (Phi) is 5.10. The van der Waals surface area contributed by atoms with Crippen molar-refractivity contribution in [1.29, 1.82) is 0 Å². The predicted molar refractivity (Wildman–Crippen MR) is 100 cm³/mol. The van der Waals surface area contributed by atoms with E-state index in [0.29, 0.717) is 10.1 Å². The molecule has 28 heavy (non-hydrogen) atoms. The number of ether oxygens (including phenoxy) is 1. The molecule has 12 heteroatoms. The van der Waals surface area contributed by atoms with Crippen molar-refractivity contribution in [2.24, 2.45) is 5.92 Å². The molecule has 1 unspecified atom stereocenters. The first kappa shape index (κ1) is 20.1. The third kappa shape index (κ3) is 3.69. The Hall–Kier alpha value is -2.60. The maximum absolute atomic E-state index is 12.9. The van der Waals surface area contributed by atoms with Crippen LogP contribution >= 0.6 is 0 Å². The topological polar surface area (TPSA) is 136 Å².